The van der Waals surface area contributed by atoms with Crippen molar-refractivity contribution in [3.05, 3.63) is 70.8 Å². The minimum absolute atomic E-state index is 0.190. The predicted molar refractivity (Wildman–Crippen MR) is 110 cm³/mol. The first-order valence-electron chi connectivity index (χ1n) is 10.1. The van der Waals surface area contributed by atoms with Crippen molar-refractivity contribution in [2.75, 3.05) is 0 Å². The van der Waals surface area contributed by atoms with Crippen LogP contribution in [0.2, 0.25) is 0 Å². The van der Waals surface area contributed by atoms with Gasteiger partial charge in [0.1, 0.15) is 23.7 Å². The highest BCUT2D eigenvalue weighted by atomic mass is 16.8. The van der Waals surface area contributed by atoms with Gasteiger partial charge < -0.3 is 29.2 Å². The van der Waals surface area contributed by atoms with Gasteiger partial charge in [0.2, 0.25) is 11.6 Å². The molecule has 3 heterocycles. The number of aromatic hydroxyl groups is 2. The van der Waals surface area contributed by atoms with Gasteiger partial charge >= 0.3 is 0 Å². The summed E-state index contributed by atoms with van der Waals surface area (Å²) in [6, 6.07) is 10.7. The maximum Gasteiger partial charge on any atom is 0.215 e. The lowest BCUT2D eigenvalue weighted by atomic mass is 10.0. The molecule has 3 aliphatic rings. The first kappa shape index (κ1) is 19.3. The van der Waals surface area contributed by atoms with Crippen LogP contribution in [0.3, 0.4) is 0 Å². The largest absolute Gasteiger partial charge is 0.508 e. The Balaban J connectivity index is 1.44. The number of phenolic OH excluding ortho intramolecular Hbond substituents is 2. The molecule has 2 spiro atoms. The molecular formula is C24H24O6. The van der Waals surface area contributed by atoms with Gasteiger partial charge in [0.25, 0.3) is 0 Å². The van der Waals surface area contributed by atoms with E-state index in [4.69, 9.17) is 18.9 Å². The maximum absolute atomic E-state index is 10.2. The molecule has 30 heavy (non-hydrogen) atoms. The summed E-state index contributed by atoms with van der Waals surface area (Å²) in [6.07, 6.45) is 6.47. The second-order valence-corrected chi connectivity index (χ2v) is 7.90. The van der Waals surface area contributed by atoms with Crippen LogP contribution in [0.15, 0.2) is 48.6 Å². The van der Waals surface area contributed by atoms with Gasteiger partial charge in [-0.25, -0.2) is 0 Å². The number of benzene rings is 2. The zero-order valence-corrected chi connectivity index (χ0v) is 16.9. The van der Waals surface area contributed by atoms with E-state index in [1.807, 2.05) is 50.3 Å². The summed E-state index contributed by atoms with van der Waals surface area (Å²) in [7, 11) is 0. The molecule has 156 valence electrons. The summed E-state index contributed by atoms with van der Waals surface area (Å²) in [6.45, 7) is 4.14. The van der Waals surface area contributed by atoms with Crippen molar-refractivity contribution in [2.24, 2.45) is 0 Å². The molecule has 0 radical (unpaired) electrons. The summed E-state index contributed by atoms with van der Waals surface area (Å²) < 4.78 is 25.1. The van der Waals surface area contributed by atoms with E-state index in [0.29, 0.717) is 11.1 Å². The van der Waals surface area contributed by atoms with Crippen molar-refractivity contribution in [3.63, 3.8) is 0 Å². The summed E-state index contributed by atoms with van der Waals surface area (Å²) in [5.74, 6) is -1.85. The lowest BCUT2D eigenvalue weighted by molar-refractivity contribution is -0.408. The average Bonchev–Trinajstić information content (AvgIpc) is 3.03. The Morgan fingerprint density at radius 1 is 0.733 bits per heavy atom. The summed E-state index contributed by atoms with van der Waals surface area (Å²) in [5.41, 5.74) is 3.19. The van der Waals surface area contributed by atoms with Crippen LogP contribution in [0.5, 0.6) is 11.5 Å². The molecule has 0 aliphatic carbocycles. The Bertz CT molecular complexity index is 960. The van der Waals surface area contributed by atoms with E-state index in [2.05, 4.69) is 0 Å². The first-order valence-corrected chi connectivity index (χ1v) is 10.1. The van der Waals surface area contributed by atoms with Crippen LogP contribution < -0.4 is 0 Å². The molecule has 2 aromatic carbocycles. The zero-order chi connectivity index (χ0) is 20.9. The monoisotopic (exact) mass is 408 g/mol. The third-order valence-electron chi connectivity index (χ3n) is 6.10. The number of phenols is 2. The fraction of sp³-hybridized carbons (Fsp3) is 0.333. The van der Waals surface area contributed by atoms with Gasteiger partial charge in [-0.2, -0.15) is 0 Å². The van der Waals surface area contributed by atoms with Crippen molar-refractivity contribution in [1.29, 1.82) is 0 Å². The zero-order valence-electron chi connectivity index (χ0n) is 16.9. The lowest BCUT2D eigenvalue weighted by Crippen LogP contribution is -2.62. The van der Waals surface area contributed by atoms with Crippen LogP contribution in [0.25, 0.3) is 12.2 Å². The SMILES string of the molecule is C[C@H]1O[C@@]2(C=Cc3cccc(O)c3CO2)[C@@H](C)O[C@@]12C=Cc1cccc(O)c1CO2. The quantitative estimate of drug-likeness (QED) is 0.683. The maximum atomic E-state index is 10.2. The summed E-state index contributed by atoms with van der Waals surface area (Å²) in [4.78, 5) is 0. The normalized spacial score (nSPS) is 32.5. The van der Waals surface area contributed by atoms with E-state index in [0.717, 1.165) is 11.1 Å². The highest BCUT2D eigenvalue weighted by Crippen LogP contribution is 2.44. The van der Waals surface area contributed by atoms with Gasteiger partial charge in [0, 0.05) is 11.1 Å². The molecule has 6 nitrogen and oxygen atoms in total. The van der Waals surface area contributed by atoms with Gasteiger partial charge in [-0.15, -0.1) is 0 Å². The highest BCUT2D eigenvalue weighted by molar-refractivity contribution is 5.60. The van der Waals surface area contributed by atoms with Gasteiger partial charge in [-0.05, 0) is 49.3 Å². The summed E-state index contributed by atoms with van der Waals surface area (Å²) in [5, 5.41) is 20.4. The Hall–Kier alpha value is -2.64. The molecule has 3 aliphatic heterocycles. The lowest BCUT2D eigenvalue weighted by Gasteiger charge is -2.50. The number of ether oxygens (including phenoxy) is 4. The molecule has 0 bridgehead atoms. The van der Waals surface area contributed by atoms with Gasteiger partial charge in [0.15, 0.2) is 0 Å². The Kier molecular flexibility index (Phi) is 4.48. The van der Waals surface area contributed by atoms with E-state index < -0.39 is 23.8 Å². The molecule has 1 fully saturated rings. The molecule has 0 aromatic heterocycles. The van der Waals surface area contributed by atoms with Crippen molar-refractivity contribution in [1.82, 2.24) is 0 Å². The van der Waals surface area contributed by atoms with E-state index >= 15 is 0 Å². The van der Waals surface area contributed by atoms with Gasteiger partial charge in [-0.3, -0.25) is 0 Å². The fourth-order valence-electron chi connectivity index (χ4n) is 4.25. The molecule has 0 unspecified atom stereocenters. The summed E-state index contributed by atoms with van der Waals surface area (Å²) >= 11 is 0. The standard InChI is InChI=1S/C24H24O6/c1-15-23(11-9-17-5-3-7-21(25)19(17)13-27-23)30-16(2)24(29-15)12-10-18-6-4-8-22(26)20(18)14-28-24/h3-12,15-16,25-26H,13-14H2,1-2H3/t15-,16-,23+,24+/m1/s1. The van der Waals surface area contributed by atoms with Crippen LogP contribution in [0, 0.1) is 0 Å². The van der Waals surface area contributed by atoms with Crippen LogP contribution in [-0.2, 0) is 32.2 Å². The third kappa shape index (κ3) is 2.96. The Labute approximate surface area is 175 Å². The molecule has 4 atom stereocenters. The molecular weight excluding hydrogens is 384 g/mol. The molecule has 1 saturated heterocycles. The van der Waals surface area contributed by atoms with E-state index in [1.165, 1.54) is 0 Å². The van der Waals surface area contributed by atoms with Crippen molar-refractivity contribution in [3.8, 4) is 11.5 Å². The molecule has 6 heteroatoms. The number of hydrogen-bond acceptors (Lipinski definition) is 6. The second-order valence-electron chi connectivity index (χ2n) is 7.90. The number of rotatable bonds is 0. The van der Waals surface area contributed by atoms with Crippen LogP contribution in [0.1, 0.15) is 36.1 Å². The molecule has 2 N–H and O–H groups in total. The van der Waals surface area contributed by atoms with Crippen molar-refractivity contribution >= 4 is 12.2 Å². The van der Waals surface area contributed by atoms with Crippen molar-refractivity contribution in [2.45, 2.75) is 50.8 Å². The Morgan fingerprint density at radius 2 is 1.17 bits per heavy atom. The van der Waals surface area contributed by atoms with Crippen LogP contribution in [-0.4, -0.2) is 34.0 Å². The minimum atomic E-state index is -1.12. The predicted octanol–water partition coefficient (Wildman–Crippen LogP) is 4.10. The highest BCUT2D eigenvalue weighted by Gasteiger charge is 2.54. The first-order chi connectivity index (χ1) is 14.4. The molecule has 2 aromatic rings. The topological polar surface area (TPSA) is 77.4 Å². The molecule has 5 rings (SSSR count). The van der Waals surface area contributed by atoms with E-state index in [1.54, 1.807) is 24.3 Å². The molecule has 0 amide bonds. The van der Waals surface area contributed by atoms with Crippen molar-refractivity contribution < 1.29 is 29.2 Å². The minimum Gasteiger partial charge on any atom is -0.508 e. The molecule has 0 saturated carbocycles. The Morgan fingerprint density at radius 3 is 1.60 bits per heavy atom. The van der Waals surface area contributed by atoms with Gasteiger partial charge in [-0.1, -0.05) is 36.4 Å². The van der Waals surface area contributed by atoms with E-state index in [9.17, 15) is 10.2 Å². The fourth-order valence-corrected chi connectivity index (χ4v) is 4.25. The van der Waals surface area contributed by atoms with Crippen LogP contribution in [0.4, 0.5) is 0 Å². The van der Waals surface area contributed by atoms with Crippen LogP contribution >= 0.6 is 0 Å². The number of hydrogen-bond donors (Lipinski definition) is 2. The smallest absolute Gasteiger partial charge is 0.215 e. The number of fused-ring (bicyclic) bond motifs is 2. The van der Waals surface area contributed by atoms with E-state index in [-0.39, 0.29) is 24.7 Å². The average molecular weight is 408 g/mol. The van der Waals surface area contributed by atoms with Gasteiger partial charge in [0.05, 0.1) is 13.2 Å². The third-order valence-corrected chi connectivity index (χ3v) is 6.10. The second kappa shape index (κ2) is 6.96.